The quantitative estimate of drug-likeness (QED) is 0.821. The van der Waals surface area contributed by atoms with Crippen LogP contribution in [0.25, 0.3) is 11.5 Å². The van der Waals surface area contributed by atoms with Gasteiger partial charge in [0.15, 0.2) is 5.82 Å². The number of nitrogens with zero attached hydrogens (tertiary/aromatic N) is 2. The van der Waals surface area contributed by atoms with E-state index in [0.717, 1.165) is 43.2 Å². The Morgan fingerprint density at radius 3 is 2.68 bits per heavy atom. The van der Waals surface area contributed by atoms with E-state index in [2.05, 4.69) is 15.5 Å². The van der Waals surface area contributed by atoms with Gasteiger partial charge in [-0.3, -0.25) is 4.79 Å². The van der Waals surface area contributed by atoms with Crippen molar-refractivity contribution in [1.82, 2.24) is 15.5 Å². The summed E-state index contributed by atoms with van der Waals surface area (Å²) in [6, 6.07) is 8.19. The van der Waals surface area contributed by atoms with E-state index in [4.69, 9.17) is 10.3 Å². The van der Waals surface area contributed by atoms with Gasteiger partial charge in [-0.25, -0.2) is 0 Å². The molecule has 0 radical (unpaired) electrons. The Hall–Kier alpha value is -1.92. The normalized spacial score (nSPS) is 19.4. The van der Waals surface area contributed by atoms with Crippen LogP contribution in [0.1, 0.15) is 37.6 Å². The molecule has 1 aromatic carbocycles. The zero-order valence-electron chi connectivity index (χ0n) is 14.4. The molecule has 0 saturated heterocycles. The first-order valence-electron chi connectivity index (χ1n) is 8.61. The number of rotatable bonds is 6. The minimum absolute atomic E-state index is 0. The summed E-state index contributed by atoms with van der Waals surface area (Å²) in [5, 5.41) is 6.92. The average molecular weight is 365 g/mol. The van der Waals surface area contributed by atoms with Gasteiger partial charge in [0.25, 0.3) is 5.89 Å². The second-order valence-electron chi connectivity index (χ2n) is 6.38. The standard InChI is InChI=1S/C18H24N4O2.ClH/c1-2-16-21-18(24-22-16)13-5-3-12(4-6-13)9-10-20-17(23)14-7-8-15(19)11-14;/h3-6,14-15H,2,7-11,19H2,1H3,(H,20,23);1H. The number of hydrogen-bond acceptors (Lipinski definition) is 5. The van der Waals surface area contributed by atoms with Gasteiger partial charge in [0, 0.05) is 30.5 Å². The van der Waals surface area contributed by atoms with E-state index >= 15 is 0 Å². The lowest BCUT2D eigenvalue weighted by Gasteiger charge is -2.10. The topological polar surface area (TPSA) is 94.0 Å². The molecule has 0 bridgehead atoms. The Balaban J connectivity index is 0.00000225. The summed E-state index contributed by atoms with van der Waals surface area (Å²) in [5.41, 5.74) is 7.93. The summed E-state index contributed by atoms with van der Waals surface area (Å²) < 4.78 is 5.23. The monoisotopic (exact) mass is 364 g/mol. The maximum Gasteiger partial charge on any atom is 0.257 e. The first-order chi connectivity index (χ1) is 11.7. The number of aromatic nitrogens is 2. The molecule has 136 valence electrons. The molecule has 6 nitrogen and oxygen atoms in total. The summed E-state index contributed by atoms with van der Waals surface area (Å²) in [6.07, 6.45) is 4.23. The van der Waals surface area contributed by atoms with Crippen LogP contribution in [0.5, 0.6) is 0 Å². The molecule has 25 heavy (non-hydrogen) atoms. The van der Waals surface area contributed by atoms with Crippen molar-refractivity contribution in [2.24, 2.45) is 11.7 Å². The summed E-state index contributed by atoms with van der Waals surface area (Å²) in [4.78, 5) is 16.4. The van der Waals surface area contributed by atoms with Crippen LogP contribution in [0.3, 0.4) is 0 Å². The predicted molar refractivity (Wildman–Crippen MR) is 98.4 cm³/mol. The SMILES string of the molecule is CCc1noc(-c2ccc(CCNC(=O)C3CCC(N)C3)cc2)n1.Cl. The number of nitrogens with one attached hydrogen (secondary N) is 1. The number of amides is 1. The average Bonchev–Trinajstić information content (AvgIpc) is 3.24. The molecule has 1 saturated carbocycles. The zero-order valence-corrected chi connectivity index (χ0v) is 15.2. The summed E-state index contributed by atoms with van der Waals surface area (Å²) in [7, 11) is 0. The highest BCUT2D eigenvalue weighted by Gasteiger charge is 2.27. The molecule has 1 aliphatic carbocycles. The van der Waals surface area contributed by atoms with Crippen molar-refractivity contribution in [3.63, 3.8) is 0 Å². The zero-order chi connectivity index (χ0) is 16.9. The van der Waals surface area contributed by atoms with Crippen molar-refractivity contribution in [2.75, 3.05) is 6.54 Å². The number of benzene rings is 1. The minimum atomic E-state index is 0. The van der Waals surface area contributed by atoms with Gasteiger partial charge in [0.05, 0.1) is 0 Å². The molecule has 0 spiro atoms. The first-order valence-corrected chi connectivity index (χ1v) is 8.61. The van der Waals surface area contributed by atoms with Gasteiger partial charge in [-0.2, -0.15) is 4.98 Å². The van der Waals surface area contributed by atoms with Crippen molar-refractivity contribution in [1.29, 1.82) is 0 Å². The van der Waals surface area contributed by atoms with Gasteiger partial charge < -0.3 is 15.6 Å². The molecule has 2 unspecified atom stereocenters. The molecule has 0 aliphatic heterocycles. The maximum absolute atomic E-state index is 12.1. The predicted octanol–water partition coefficient (Wildman–Crippen LogP) is 2.51. The lowest BCUT2D eigenvalue weighted by molar-refractivity contribution is -0.124. The van der Waals surface area contributed by atoms with Gasteiger partial charge in [-0.15, -0.1) is 12.4 Å². The van der Waals surface area contributed by atoms with E-state index in [-0.39, 0.29) is 30.3 Å². The molecule has 7 heteroatoms. The van der Waals surface area contributed by atoms with Crippen molar-refractivity contribution in [2.45, 2.75) is 45.1 Å². The second-order valence-corrected chi connectivity index (χ2v) is 6.38. The lowest BCUT2D eigenvalue weighted by Crippen LogP contribution is -2.31. The van der Waals surface area contributed by atoms with E-state index in [1.807, 2.05) is 31.2 Å². The van der Waals surface area contributed by atoms with Crippen molar-refractivity contribution in [3.05, 3.63) is 35.7 Å². The number of carbonyl (C=O) groups is 1. The maximum atomic E-state index is 12.1. The number of nitrogens with two attached hydrogens (primary N) is 1. The Kier molecular flexibility index (Phi) is 6.96. The molecule has 1 heterocycles. The van der Waals surface area contributed by atoms with E-state index in [9.17, 15) is 4.79 Å². The fourth-order valence-electron chi connectivity index (χ4n) is 3.06. The molecular formula is C18H25ClN4O2. The number of halogens is 1. The summed E-state index contributed by atoms with van der Waals surface area (Å²) in [5.74, 6) is 1.48. The smallest absolute Gasteiger partial charge is 0.257 e. The third-order valence-corrected chi connectivity index (χ3v) is 4.54. The van der Waals surface area contributed by atoms with Gasteiger partial charge in [0.2, 0.25) is 5.91 Å². The molecule has 2 atom stereocenters. The molecule has 2 aromatic rings. The minimum Gasteiger partial charge on any atom is -0.356 e. The van der Waals surface area contributed by atoms with Gasteiger partial charge in [0.1, 0.15) is 0 Å². The van der Waals surface area contributed by atoms with Crippen molar-refractivity contribution >= 4 is 18.3 Å². The third kappa shape index (κ3) is 5.03. The molecule has 3 N–H and O–H groups in total. The highest BCUT2D eigenvalue weighted by molar-refractivity contribution is 5.85. The van der Waals surface area contributed by atoms with Gasteiger partial charge in [-0.1, -0.05) is 24.2 Å². The van der Waals surface area contributed by atoms with Gasteiger partial charge in [-0.05, 0) is 43.4 Å². The molecule has 1 aromatic heterocycles. The van der Waals surface area contributed by atoms with Crippen molar-refractivity contribution < 1.29 is 9.32 Å². The Bertz CT molecular complexity index is 687. The molecule has 1 fully saturated rings. The molecule has 1 aliphatic rings. The van der Waals surface area contributed by atoms with E-state index in [1.165, 1.54) is 0 Å². The lowest BCUT2D eigenvalue weighted by atomic mass is 10.1. The van der Waals surface area contributed by atoms with E-state index < -0.39 is 0 Å². The fourth-order valence-corrected chi connectivity index (χ4v) is 3.06. The fraction of sp³-hybridized carbons (Fsp3) is 0.500. The van der Waals surface area contributed by atoms with Crippen LogP contribution in [0.2, 0.25) is 0 Å². The van der Waals surface area contributed by atoms with Crippen LogP contribution < -0.4 is 11.1 Å². The number of carbonyl (C=O) groups excluding carboxylic acids is 1. The van der Waals surface area contributed by atoms with Crippen molar-refractivity contribution in [3.8, 4) is 11.5 Å². The second kappa shape index (κ2) is 8.97. The number of aryl methyl sites for hydroxylation is 1. The Morgan fingerprint density at radius 2 is 2.08 bits per heavy atom. The first kappa shape index (κ1) is 19.4. The van der Waals surface area contributed by atoms with Crippen LogP contribution in [0.15, 0.2) is 28.8 Å². The largest absolute Gasteiger partial charge is 0.356 e. The number of hydrogen-bond donors (Lipinski definition) is 2. The van der Waals surface area contributed by atoms with Crippen LogP contribution >= 0.6 is 12.4 Å². The third-order valence-electron chi connectivity index (χ3n) is 4.54. The Morgan fingerprint density at radius 1 is 1.32 bits per heavy atom. The highest BCUT2D eigenvalue weighted by atomic mass is 35.5. The van der Waals surface area contributed by atoms with Crippen LogP contribution in [0.4, 0.5) is 0 Å². The van der Waals surface area contributed by atoms with E-state index in [1.54, 1.807) is 0 Å². The Labute approximate surface area is 154 Å². The highest BCUT2D eigenvalue weighted by Crippen LogP contribution is 2.24. The molecule has 3 rings (SSSR count). The summed E-state index contributed by atoms with van der Waals surface area (Å²) in [6.45, 7) is 2.63. The van der Waals surface area contributed by atoms with Gasteiger partial charge >= 0.3 is 0 Å². The molecule has 1 amide bonds. The van der Waals surface area contributed by atoms with Crippen LogP contribution in [-0.4, -0.2) is 28.6 Å². The molecular weight excluding hydrogens is 340 g/mol. The van der Waals surface area contributed by atoms with E-state index in [0.29, 0.717) is 18.3 Å². The van der Waals surface area contributed by atoms with Crippen LogP contribution in [-0.2, 0) is 17.6 Å². The summed E-state index contributed by atoms with van der Waals surface area (Å²) >= 11 is 0. The van der Waals surface area contributed by atoms with Crippen LogP contribution in [0, 0.1) is 5.92 Å².